The Morgan fingerprint density at radius 2 is 1.47 bits per heavy atom. The van der Waals surface area contributed by atoms with Crippen molar-refractivity contribution in [3.63, 3.8) is 0 Å². The summed E-state index contributed by atoms with van der Waals surface area (Å²) in [6.45, 7) is 10.0. The molecule has 2 aromatic carbocycles. The van der Waals surface area contributed by atoms with Gasteiger partial charge < -0.3 is 18.6 Å². The van der Waals surface area contributed by atoms with Crippen molar-refractivity contribution in [3.8, 4) is 0 Å². The summed E-state index contributed by atoms with van der Waals surface area (Å²) in [6, 6.07) is 21.5. The van der Waals surface area contributed by atoms with Gasteiger partial charge in [0.05, 0.1) is 25.9 Å². The number of carbonyl (C=O) groups excluding carboxylic acids is 2. The third-order valence-corrected chi connectivity index (χ3v) is 12.8. The highest BCUT2D eigenvalue weighted by atomic mass is 28.4. The Labute approximate surface area is 252 Å². The van der Waals surface area contributed by atoms with Gasteiger partial charge in [0.15, 0.2) is 5.92 Å². The van der Waals surface area contributed by atoms with Gasteiger partial charge in [0, 0.05) is 18.2 Å². The number of hydrogen-bond acceptors (Lipinski definition) is 8. The number of nitrogens with zero attached hydrogens (tertiary/aromatic N) is 1. The predicted molar refractivity (Wildman–Crippen MR) is 164 cm³/mol. The average Bonchev–Trinajstić information content (AvgIpc) is 3.37. The molecule has 230 valence electrons. The number of rotatable bonds is 11. The lowest BCUT2D eigenvalue weighted by molar-refractivity contribution is -0.167. The van der Waals surface area contributed by atoms with Crippen molar-refractivity contribution < 1.29 is 28.2 Å². The van der Waals surface area contributed by atoms with Crippen LogP contribution in [-0.4, -0.2) is 55.7 Å². The molecular formula is C32H40N2O8Si. The van der Waals surface area contributed by atoms with E-state index in [0.717, 1.165) is 10.4 Å². The van der Waals surface area contributed by atoms with E-state index in [2.05, 4.69) is 50.0 Å². The van der Waals surface area contributed by atoms with Gasteiger partial charge in [0.1, 0.15) is 6.23 Å². The first-order valence-corrected chi connectivity index (χ1v) is 16.5. The van der Waals surface area contributed by atoms with Gasteiger partial charge in [-0.15, -0.1) is 0 Å². The van der Waals surface area contributed by atoms with Crippen molar-refractivity contribution in [1.29, 1.82) is 0 Å². The molecule has 11 heteroatoms. The highest BCUT2D eigenvalue weighted by Gasteiger charge is 2.53. The number of carbonyl (C=O) groups is 2. The van der Waals surface area contributed by atoms with Crippen LogP contribution in [0.1, 0.15) is 47.3 Å². The smallest absolute Gasteiger partial charge is 0.330 e. The predicted octanol–water partition coefficient (Wildman–Crippen LogP) is 2.76. The molecule has 0 saturated carbocycles. The molecule has 3 atom stereocenters. The molecule has 0 radical (unpaired) electrons. The summed E-state index contributed by atoms with van der Waals surface area (Å²) in [7, 11) is -2.93. The Morgan fingerprint density at radius 3 is 1.93 bits per heavy atom. The Bertz CT molecular complexity index is 1440. The van der Waals surface area contributed by atoms with E-state index in [4.69, 9.17) is 18.6 Å². The molecule has 1 aliphatic rings. The summed E-state index contributed by atoms with van der Waals surface area (Å²) in [6.07, 6.45) is -0.147. The molecule has 1 fully saturated rings. The standard InChI is InChI=1S/C32H40N2O8Si/c1-6-39-29(36)27(30(37)40-7-2)25-20-22(42-28(25)34-19-18-26(35)33-31(34)38)21-41-43(32(3,4)5,23-14-10-8-11-15-23)24-16-12-9-13-17-24/h8-19,22,25,27-28H,6-7,20-21H2,1-5H3,(H,33,35,38)/t22-,25-,28+/m0/s1. The highest BCUT2D eigenvalue weighted by Crippen LogP contribution is 2.42. The van der Waals surface area contributed by atoms with E-state index in [-0.39, 0.29) is 31.3 Å². The monoisotopic (exact) mass is 608 g/mol. The zero-order chi connectivity index (χ0) is 31.2. The van der Waals surface area contributed by atoms with Crippen molar-refractivity contribution in [3.05, 3.63) is 93.8 Å². The first-order chi connectivity index (χ1) is 20.5. The third-order valence-electron chi connectivity index (χ3n) is 7.77. The number of hydrogen-bond donors (Lipinski definition) is 1. The van der Waals surface area contributed by atoms with E-state index in [1.807, 2.05) is 36.4 Å². The molecule has 2 heterocycles. The number of nitrogens with one attached hydrogen (secondary N) is 1. The third kappa shape index (κ3) is 6.74. The van der Waals surface area contributed by atoms with E-state index >= 15 is 0 Å². The molecule has 0 unspecified atom stereocenters. The summed E-state index contributed by atoms with van der Waals surface area (Å²) in [4.78, 5) is 53.2. The van der Waals surface area contributed by atoms with Crippen LogP contribution in [-0.2, 0) is 28.2 Å². The largest absolute Gasteiger partial charge is 0.465 e. The summed E-state index contributed by atoms with van der Waals surface area (Å²) in [5.41, 5.74) is -1.29. The van der Waals surface area contributed by atoms with Gasteiger partial charge in [-0.3, -0.25) is 23.9 Å². The molecule has 3 aromatic rings. The lowest BCUT2D eigenvalue weighted by atomic mass is 9.87. The zero-order valence-corrected chi connectivity index (χ0v) is 26.3. The lowest BCUT2D eigenvalue weighted by Gasteiger charge is -2.43. The number of aromatic nitrogens is 2. The van der Waals surface area contributed by atoms with E-state index in [9.17, 15) is 19.2 Å². The molecule has 0 bridgehead atoms. The second-order valence-electron chi connectivity index (χ2n) is 11.5. The maximum atomic E-state index is 13.1. The maximum Gasteiger partial charge on any atom is 0.330 e. The van der Waals surface area contributed by atoms with Gasteiger partial charge >= 0.3 is 17.6 Å². The summed E-state index contributed by atoms with van der Waals surface area (Å²) in [5.74, 6) is -3.69. The van der Waals surface area contributed by atoms with Crippen molar-refractivity contribution >= 4 is 30.6 Å². The Hall–Kier alpha value is -3.80. The van der Waals surface area contributed by atoms with Crippen LogP contribution >= 0.6 is 0 Å². The van der Waals surface area contributed by atoms with Crippen LogP contribution < -0.4 is 21.6 Å². The van der Waals surface area contributed by atoms with Crippen LogP contribution in [0.5, 0.6) is 0 Å². The summed E-state index contributed by atoms with van der Waals surface area (Å²) < 4.78 is 25.2. The minimum absolute atomic E-state index is 0.0615. The number of aromatic amines is 1. The molecule has 1 saturated heterocycles. The van der Waals surface area contributed by atoms with Crippen LogP contribution in [0.4, 0.5) is 0 Å². The zero-order valence-electron chi connectivity index (χ0n) is 25.3. The highest BCUT2D eigenvalue weighted by molar-refractivity contribution is 6.99. The van der Waals surface area contributed by atoms with Gasteiger partial charge in [-0.05, 0) is 35.7 Å². The van der Waals surface area contributed by atoms with E-state index in [0.29, 0.717) is 0 Å². The second kappa shape index (κ2) is 13.7. The topological polar surface area (TPSA) is 126 Å². The van der Waals surface area contributed by atoms with Gasteiger partial charge in [0.2, 0.25) is 0 Å². The minimum Gasteiger partial charge on any atom is -0.465 e. The van der Waals surface area contributed by atoms with Crippen molar-refractivity contribution in [1.82, 2.24) is 9.55 Å². The van der Waals surface area contributed by atoms with E-state index < -0.39 is 55.7 Å². The molecule has 0 amide bonds. The fourth-order valence-corrected chi connectivity index (χ4v) is 10.6. The van der Waals surface area contributed by atoms with Crippen LogP contribution in [0, 0.1) is 11.8 Å². The lowest BCUT2D eigenvalue weighted by Crippen LogP contribution is -2.67. The molecule has 1 aromatic heterocycles. The van der Waals surface area contributed by atoms with Crippen molar-refractivity contribution in [2.45, 2.75) is 58.4 Å². The molecular weight excluding hydrogens is 568 g/mol. The fourth-order valence-electron chi connectivity index (χ4n) is 5.97. The van der Waals surface area contributed by atoms with Crippen LogP contribution in [0.15, 0.2) is 82.5 Å². The molecule has 1 aliphatic heterocycles. The second-order valence-corrected chi connectivity index (χ2v) is 15.8. The minimum atomic E-state index is -2.93. The molecule has 0 aliphatic carbocycles. The first-order valence-electron chi connectivity index (χ1n) is 14.6. The van der Waals surface area contributed by atoms with E-state index in [1.54, 1.807) is 13.8 Å². The van der Waals surface area contributed by atoms with Crippen LogP contribution in [0.25, 0.3) is 0 Å². The first kappa shape index (κ1) is 32.1. The summed E-state index contributed by atoms with van der Waals surface area (Å²) >= 11 is 0. The molecule has 1 N–H and O–H groups in total. The quantitative estimate of drug-likeness (QED) is 0.200. The van der Waals surface area contributed by atoms with Crippen molar-refractivity contribution in [2.24, 2.45) is 11.8 Å². The molecule has 0 spiro atoms. The van der Waals surface area contributed by atoms with Gasteiger partial charge in [-0.25, -0.2) is 4.79 Å². The Morgan fingerprint density at radius 1 is 0.930 bits per heavy atom. The SMILES string of the molecule is CCOC(=O)C(C(=O)OCC)[C@@H]1C[C@@H](CO[Si](c2ccccc2)(c2ccccc2)C(C)(C)C)O[C@H]1n1ccc(=O)[nH]c1=O. The van der Waals surface area contributed by atoms with Gasteiger partial charge in [-0.1, -0.05) is 81.4 Å². The fraction of sp³-hybridized carbons (Fsp3) is 0.438. The number of esters is 2. The van der Waals surface area contributed by atoms with Crippen LogP contribution in [0.2, 0.25) is 5.04 Å². The molecule has 4 rings (SSSR count). The number of benzene rings is 2. The van der Waals surface area contributed by atoms with E-state index in [1.165, 1.54) is 16.8 Å². The Balaban J connectivity index is 1.76. The van der Waals surface area contributed by atoms with Gasteiger partial charge in [0.25, 0.3) is 13.9 Å². The van der Waals surface area contributed by atoms with Crippen molar-refractivity contribution in [2.75, 3.05) is 19.8 Å². The Kier molecular flexibility index (Phi) is 10.2. The number of H-pyrrole nitrogens is 1. The average molecular weight is 609 g/mol. The summed E-state index contributed by atoms with van der Waals surface area (Å²) in [5, 5.41) is 1.89. The number of ether oxygens (including phenoxy) is 3. The van der Waals surface area contributed by atoms with Crippen LogP contribution in [0.3, 0.4) is 0 Å². The molecule has 43 heavy (non-hydrogen) atoms. The maximum absolute atomic E-state index is 13.1. The molecule has 10 nitrogen and oxygen atoms in total. The normalized spacial score (nSPS) is 18.9. The van der Waals surface area contributed by atoms with Gasteiger partial charge in [-0.2, -0.15) is 0 Å².